The fourth-order valence-corrected chi connectivity index (χ4v) is 3.71. The molecule has 140 valence electrons. The van der Waals surface area contributed by atoms with Crippen LogP contribution in [-0.2, 0) is 9.53 Å². The van der Waals surface area contributed by atoms with Gasteiger partial charge < -0.3 is 9.47 Å². The minimum Gasteiger partial charge on any atom is -0.465 e. The van der Waals surface area contributed by atoms with E-state index in [1.807, 2.05) is 54.6 Å². The van der Waals surface area contributed by atoms with Crippen molar-refractivity contribution in [2.24, 2.45) is 5.92 Å². The highest BCUT2D eigenvalue weighted by atomic mass is 16.5. The van der Waals surface area contributed by atoms with Gasteiger partial charge in [0.2, 0.25) is 0 Å². The van der Waals surface area contributed by atoms with E-state index in [0.29, 0.717) is 17.1 Å². The Morgan fingerprint density at radius 1 is 0.857 bits per heavy atom. The first-order chi connectivity index (χ1) is 13.7. The largest absolute Gasteiger partial charge is 0.465 e. The molecule has 0 aromatic heterocycles. The number of hydrogen-bond acceptors (Lipinski definition) is 4. The van der Waals surface area contributed by atoms with Gasteiger partial charge in [0.15, 0.2) is 5.78 Å². The molecule has 0 N–H and O–H groups in total. The molecule has 0 saturated carbocycles. The Hall–Kier alpha value is -3.40. The number of rotatable bonds is 5. The maximum Gasteiger partial charge on any atom is 0.317 e. The molecule has 0 fully saturated rings. The molecule has 0 amide bonds. The third kappa shape index (κ3) is 3.18. The molecule has 0 bridgehead atoms. The summed E-state index contributed by atoms with van der Waals surface area (Å²) in [6.07, 6.45) is 0. The molecule has 3 aromatic carbocycles. The molecule has 4 nitrogen and oxygen atoms in total. The number of para-hydroxylation sites is 2. The molecule has 4 heteroatoms. The second kappa shape index (κ2) is 7.69. The van der Waals surface area contributed by atoms with Crippen LogP contribution in [0.5, 0.6) is 11.5 Å². The van der Waals surface area contributed by atoms with E-state index in [1.165, 1.54) is 0 Å². The zero-order valence-electron chi connectivity index (χ0n) is 15.5. The van der Waals surface area contributed by atoms with E-state index < -0.39 is 17.8 Å². The summed E-state index contributed by atoms with van der Waals surface area (Å²) >= 11 is 0. The predicted molar refractivity (Wildman–Crippen MR) is 106 cm³/mol. The maximum absolute atomic E-state index is 13.4. The lowest BCUT2D eigenvalue weighted by molar-refractivity contribution is -0.146. The molecular weight excluding hydrogens is 352 g/mol. The van der Waals surface area contributed by atoms with E-state index in [2.05, 4.69) is 0 Å². The molecule has 0 spiro atoms. The lowest BCUT2D eigenvalue weighted by atomic mass is 9.75. The van der Waals surface area contributed by atoms with E-state index in [4.69, 9.17) is 9.47 Å². The fraction of sp³-hybridized carbons (Fsp3) is 0.167. The van der Waals surface area contributed by atoms with Gasteiger partial charge in [-0.1, -0.05) is 66.7 Å². The monoisotopic (exact) mass is 372 g/mol. The molecule has 1 heterocycles. The first kappa shape index (κ1) is 18.0. The molecule has 0 radical (unpaired) electrons. The maximum atomic E-state index is 13.4. The topological polar surface area (TPSA) is 52.6 Å². The van der Waals surface area contributed by atoms with Crippen LogP contribution < -0.4 is 4.74 Å². The lowest BCUT2D eigenvalue weighted by Crippen LogP contribution is -2.34. The number of ketones is 1. The Kier molecular flexibility index (Phi) is 4.94. The molecule has 1 aliphatic heterocycles. The smallest absolute Gasteiger partial charge is 0.317 e. The van der Waals surface area contributed by atoms with Crippen LogP contribution in [-0.4, -0.2) is 18.4 Å². The molecular formula is C24H20O4. The fourth-order valence-electron chi connectivity index (χ4n) is 3.71. The summed E-state index contributed by atoms with van der Waals surface area (Å²) in [5.41, 5.74) is 2.11. The summed E-state index contributed by atoms with van der Waals surface area (Å²) in [6, 6.07) is 23.9. The van der Waals surface area contributed by atoms with Crippen LogP contribution in [0.2, 0.25) is 0 Å². The summed E-state index contributed by atoms with van der Waals surface area (Å²) < 4.78 is 11.3. The minimum atomic E-state index is -0.992. The number of ether oxygens (including phenoxy) is 2. The first-order valence-corrected chi connectivity index (χ1v) is 9.32. The average Bonchev–Trinajstić information content (AvgIpc) is 2.74. The van der Waals surface area contributed by atoms with Gasteiger partial charge in [-0.2, -0.15) is 0 Å². The highest BCUT2D eigenvalue weighted by Gasteiger charge is 2.42. The standard InChI is InChI=1S/C24H20O4/c1-2-27-24(26)22(23(25)16-10-4-3-5-11-16)21-17-12-6-8-14-19(17)28-20-15-9-7-13-18(20)21/h3-15,21-22H,2H2,1H3. The molecule has 1 unspecified atom stereocenters. The molecule has 1 atom stereocenters. The highest BCUT2D eigenvalue weighted by molar-refractivity contribution is 6.10. The van der Waals surface area contributed by atoms with Gasteiger partial charge >= 0.3 is 5.97 Å². The Morgan fingerprint density at radius 3 is 1.96 bits per heavy atom. The summed E-state index contributed by atoms with van der Waals surface area (Å²) in [4.78, 5) is 26.4. The first-order valence-electron chi connectivity index (χ1n) is 9.32. The van der Waals surface area contributed by atoms with Gasteiger partial charge in [-0.25, -0.2) is 0 Å². The molecule has 1 aliphatic rings. The third-order valence-corrected chi connectivity index (χ3v) is 4.94. The Balaban J connectivity index is 1.89. The van der Waals surface area contributed by atoms with Crippen LogP contribution in [0.25, 0.3) is 0 Å². The molecule has 28 heavy (non-hydrogen) atoms. The van der Waals surface area contributed by atoms with Gasteiger partial charge in [-0.05, 0) is 19.1 Å². The highest BCUT2D eigenvalue weighted by Crippen LogP contribution is 2.48. The normalized spacial score (nSPS) is 13.6. The summed E-state index contributed by atoms with van der Waals surface area (Å²) in [6.45, 7) is 1.96. The number of benzene rings is 3. The Morgan fingerprint density at radius 2 is 1.39 bits per heavy atom. The number of carbonyl (C=O) groups excluding carboxylic acids is 2. The number of carbonyl (C=O) groups is 2. The van der Waals surface area contributed by atoms with Crippen LogP contribution in [0.4, 0.5) is 0 Å². The van der Waals surface area contributed by atoms with Gasteiger partial charge in [0.05, 0.1) is 6.61 Å². The van der Waals surface area contributed by atoms with Crippen molar-refractivity contribution in [1.82, 2.24) is 0 Å². The van der Waals surface area contributed by atoms with Crippen LogP contribution in [0.3, 0.4) is 0 Å². The van der Waals surface area contributed by atoms with Crippen molar-refractivity contribution in [2.45, 2.75) is 12.8 Å². The van der Waals surface area contributed by atoms with Gasteiger partial charge in [-0.15, -0.1) is 0 Å². The quantitative estimate of drug-likeness (QED) is 0.360. The number of esters is 1. The Labute approximate surface area is 163 Å². The van der Waals surface area contributed by atoms with E-state index in [9.17, 15) is 9.59 Å². The van der Waals surface area contributed by atoms with Crippen molar-refractivity contribution in [1.29, 1.82) is 0 Å². The summed E-state index contributed by atoms with van der Waals surface area (Å²) in [5.74, 6) is -0.937. The third-order valence-electron chi connectivity index (χ3n) is 4.94. The number of Topliss-reactive ketones (excluding diaryl/α,β-unsaturated/α-hetero) is 1. The minimum absolute atomic E-state index is 0.212. The van der Waals surface area contributed by atoms with Gasteiger partial charge in [0, 0.05) is 22.6 Å². The van der Waals surface area contributed by atoms with Crippen molar-refractivity contribution >= 4 is 11.8 Å². The van der Waals surface area contributed by atoms with Crippen LogP contribution in [0.1, 0.15) is 34.3 Å². The second-order valence-corrected chi connectivity index (χ2v) is 6.62. The second-order valence-electron chi connectivity index (χ2n) is 6.62. The average molecular weight is 372 g/mol. The molecule has 0 aliphatic carbocycles. The van der Waals surface area contributed by atoms with Crippen molar-refractivity contribution < 1.29 is 19.1 Å². The predicted octanol–water partition coefficient (Wildman–Crippen LogP) is 4.99. The van der Waals surface area contributed by atoms with E-state index in [0.717, 1.165) is 11.1 Å². The number of hydrogen-bond donors (Lipinski definition) is 0. The zero-order chi connectivity index (χ0) is 19.5. The zero-order valence-corrected chi connectivity index (χ0v) is 15.5. The van der Waals surface area contributed by atoms with Gasteiger partial charge in [0.25, 0.3) is 0 Å². The van der Waals surface area contributed by atoms with E-state index >= 15 is 0 Å². The van der Waals surface area contributed by atoms with Crippen LogP contribution >= 0.6 is 0 Å². The number of fused-ring (bicyclic) bond motifs is 2. The van der Waals surface area contributed by atoms with Crippen molar-refractivity contribution in [3.05, 3.63) is 95.6 Å². The van der Waals surface area contributed by atoms with Crippen LogP contribution in [0.15, 0.2) is 78.9 Å². The molecule has 0 saturated heterocycles. The van der Waals surface area contributed by atoms with E-state index in [-0.39, 0.29) is 12.4 Å². The molecule has 3 aromatic rings. The summed E-state index contributed by atoms with van der Waals surface area (Å²) in [5, 5.41) is 0. The van der Waals surface area contributed by atoms with Crippen LogP contribution in [0, 0.1) is 5.92 Å². The Bertz CT molecular complexity index is 964. The lowest BCUT2D eigenvalue weighted by Gasteiger charge is -2.32. The van der Waals surface area contributed by atoms with Gasteiger partial charge in [0.1, 0.15) is 17.4 Å². The van der Waals surface area contributed by atoms with Crippen molar-refractivity contribution in [3.8, 4) is 11.5 Å². The summed E-state index contributed by atoms with van der Waals surface area (Å²) in [7, 11) is 0. The van der Waals surface area contributed by atoms with E-state index in [1.54, 1.807) is 31.2 Å². The SMILES string of the molecule is CCOC(=O)C(C(=O)c1ccccc1)C1c2ccccc2Oc2ccccc21. The van der Waals surface area contributed by atoms with Crippen molar-refractivity contribution in [2.75, 3.05) is 6.61 Å². The van der Waals surface area contributed by atoms with Crippen molar-refractivity contribution in [3.63, 3.8) is 0 Å². The molecule has 4 rings (SSSR count). The van der Waals surface area contributed by atoms with Gasteiger partial charge in [-0.3, -0.25) is 9.59 Å².